The first-order valence-electron chi connectivity index (χ1n) is 6.55. The first kappa shape index (κ1) is 15.7. The molecule has 0 aliphatic heterocycles. The van der Waals surface area contributed by atoms with E-state index in [9.17, 15) is 13.5 Å². The van der Waals surface area contributed by atoms with Gasteiger partial charge in [-0.2, -0.15) is 9.78 Å². The molecule has 3 rings (SSSR count). The van der Waals surface area contributed by atoms with E-state index in [4.69, 9.17) is 0 Å². The second kappa shape index (κ2) is 5.78. The molecule has 3 aromatic rings. The Bertz CT molecular complexity index is 949. The average molecular weight is 394 g/mol. The van der Waals surface area contributed by atoms with Gasteiger partial charge in [-0.05, 0) is 29.8 Å². The van der Waals surface area contributed by atoms with E-state index >= 15 is 0 Å². The van der Waals surface area contributed by atoms with E-state index in [2.05, 4.69) is 26.0 Å². The van der Waals surface area contributed by atoms with Gasteiger partial charge in [-0.25, -0.2) is 13.4 Å². The third-order valence-corrected chi connectivity index (χ3v) is 4.89. The molecule has 0 bridgehead atoms. The number of nitrogens with zero attached hydrogens (tertiary/aromatic N) is 3. The monoisotopic (exact) mass is 393 g/mol. The van der Waals surface area contributed by atoms with E-state index in [-0.39, 0.29) is 10.8 Å². The zero-order valence-corrected chi connectivity index (χ0v) is 14.4. The Morgan fingerprint density at radius 3 is 2.35 bits per heavy atom. The highest BCUT2D eigenvalue weighted by molar-refractivity contribution is 9.10. The Morgan fingerprint density at radius 2 is 1.78 bits per heavy atom. The summed E-state index contributed by atoms with van der Waals surface area (Å²) in [6, 6.07) is 10.4. The van der Waals surface area contributed by atoms with Gasteiger partial charge in [0.05, 0.1) is 16.7 Å². The van der Waals surface area contributed by atoms with Crippen molar-refractivity contribution in [3.63, 3.8) is 0 Å². The van der Waals surface area contributed by atoms with Crippen LogP contribution < -0.4 is 0 Å². The molecule has 0 unspecified atom stereocenters. The molecule has 0 aliphatic carbocycles. The number of halogens is 1. The molecule has 1 aromatic carbocycles. The molecular weight excluding hydrogens is 382 g/mol. The van der Waals surface area contributed by atoms with Gasteiger partial charge < -0.3 is 5.11 Å². The fraction of sp³-hybridized carbons (Fsp3) is 0.0667. The van der Waals surface area contributed by atoms with Crippen LogP contribution in [0.15, 0.2) is 58.2 Å². The predicted octanol–water partition coefficient (Wildman–Crippen LogP) is 2.81. The van der Waals surface area contributed by atoms with Crippen molar-refractivity contribution in [2.24, 2.45) is 0 Å². The Kier molecular flexibility index (Phi) is 3.95. The van der Waals surface area contributed by atoms with Crippen molar-refractivity contribution < 1.29 is 13.5 Å². The number of aromatic nitrogens is 3. The molecule has 0 amide bonds. The zero-order chi connectivity index (χ0) is 16.6. The van der Waals surface area contributed by atoms with Gasteiger partial charge in [0, 0.05) is 16.9 Å². The van der Waals surface area contributed by atoms with Crippen molar-refractivity contribution in [1.29, 1.82) is 0 Å². The molecule has 6 nitrogen and oxygen atoms in total. The van der Waals surface area contributed by atoms with Crippen molar-refractivity contribution in [2.75, 3.05) is 6.26 Å². The van der Waals surface area contributed by atoms with Gasteiger partial charge in [0.25, 0.3) is 0 Å². The number of benzene rings is 1. The van der Waals surface area contributed by atoms with Crippen LogP contribution in [-0.2, 0) is 9.84 Å². The molecule has 118 valence electrons. The van der Waals surface area contributed by atoms with Gasteiger partial charge in [-0.1, -0.05) is 28.1 Å². The second-order valence-corrected chi connectivity index (χ2v) is 7.86. The minimum Gasteiger partial charge on any atom is -0.493 e. The number of aromatic hydroxyl groups is 1. The summed E-state index contributed by atoms with van der Waals surface area (Å²) >= 11 is 3.36. The van der Waals surface area contributed by atoms with Crippen molar-refractivity contribution >= 4 is 25.8 Å². The summed E-state index contributed by atoms with van der Waals surface area (Å²) in [7, 11) is -3.31. The maximum absolute atomic E-state index is 11.4. The molecule has 0 saturated carbocycles. The lowest BCUT2D eigenvalue weighted by molar-refractivity contribution is 0.433. The summed E-state index contributed by atoms with van der Waals surface area (Å²) in [5, 5.41) is 14.5. The summed E-state index contributed by atoms with van der Waals surface area (Å²) in [4.78, 5) is 4.16. The molecule has 0 aliphatic rings. The quantitative estimate of drug-likeness (QED) is 0.739. The van der Waals surface area contributed by atoms with Crippen molar-refractivity contribution in [3.8, 4) is 22.8 Å². The zero-order valence-electron chi connectivity index (χ0n) is 12.0. The first-order valence-corrected chi connectivity index (χ1v) is 9.24. The number of hydrogen-bond acceptors (Lipinski definition) is 5. The van der Waals surface area contributed by atoms with E-state index in [0.29, 0.717) is 11.4 Å². The van der Waals surface area contributed by atoms with E-state index in [0.717, 1.165) is 16.3 Å². The predicted molar refractivity (Wildman–Crippen MR) is 89.3 cm³/mol. The lowest BCUT2D eigenvalue weighted by Gasteiger charge is -2.04. The van der Waals surface area contributed by atoms with Gasteiger partial charge in [-0.15, -0.1) is 0 Å². The molecule has 2 heterocycles. The van der Waals surface area contributed by atoms with Crippen LogP contribution in [0.4, 0.5) is 0 Å². The summed E-state index contributed by atoms with van der Waals surface area (Å²) in [6.07, 6.45) is 3.89. The molecule has 0 radical (unpaired) electrons. The Morgan fingerprint density at radius 1 is 1.09 bits per heavy atom. The summed E-state index contributed by atoms with van der Waals surface area (Å²) < 4.78 is 25.1. The molecule has 1 N–H and O–H groups in total. The maximum Gasteiger partial charge on any atom is 0.223 e. The molecule has 8 heteroatoms. The van der Waals surface area contributed by atoms with Crippen LogP contribution in [-0.4, -0.2) is 34.5 Å². The van der Waals surface area contributed by atoms with Crippen LogP contribution in [0.25, 0.3) is 16.9 Å². The largest absolute Gasteiger partial charge is 0.493 e. The Hall–Kier alpha value is -2.19. The highest BCUT2D eigenvalue weighted by Gasteiger charge is 2.15. The third-order valence-electron chi connectivity index (χ3n) is 3.26. The third kappa shape index (κ3) is 3.13. The fourth-order valence-electron chi connectivity index (χ4n) is 2.06. The molecule has 0 atom stereocenters. The molecule has 0 spiro atoms. The van der Waals surface area contributed by atoms with Crippen molar-refractivity contribution in [1.82, 2.24) is 14.8 Å². The number of sulfone groups is 1. The summed E-state index contributed by atoms with van der Waals surface area (Å²) in [5.41, 5.74) is 1.37. The minimum absolute atomic E-state index is 0.0630. The summed E-state index contributed by atoms with van der Waals surface area (Å²) in [5.74, 6) is 0.269. The Balaban J connectivity index is 2.00. The minimum atomic E-state index is -3.31. The Labute approximate surface area is 141 Å². The average Bonchev–Trinajstić information content (AvgIpc) is 2.89. The summed E-state index contributed by atoms with van der Waals surface area (Å²) in [6.45, 7) is 0. The van der Waals surface area contributed by atoms with Crippen LogP contribution in [0.1, 0.15) is 0 Å². The van der Waals surface area contributed by atoms with Crippen molar-refractivity contribution in [3.05, 3.63) is 53.3 Å². The van der Waals surface area contributed by atoms with Gasteiger partial charge in [0.2, 0.25) is 5.88 Å². The standard InChI is InChI=1S/C15H12BrN3O3S/c1-23(21,22)12-6-7-14(17-8-12)19-15(20)13(9-18-19)10-2-4-11(16)5-3-10/h2-9,20H,1H3. The normalized spacial score (nSPS) is 11.6. The fourth-order valence-corrected chi connectivity index (χ4v) is 2.88. The molecule has 0 saturated heterocycles. The van der Waals surface area contributed by atoms with E-state index < -0.39 is 9.84 Å². The lowest BCUT2D eigenvalue weighted by Crippen LogP contribution is -2.02. The van der Waals surface area contributed by atoms with Crippen molar-refractivity contribution in [2.45, 2.75) is 4.90 Å². The maximum atomic E-state index is 11.4. The van der Waals surface area contributed by atoms with E-state index in [1.54, 1.807) is 0 Å². The topological polar surface area (TPSA) is 85.1 Å². The molecule has 2 aromatic heterocycles. The van der Waals surface area contributed by atoms with Gasteiger partial charge in [0.15, 0.2) is 15.7 Å². The van der Waals surface area contributed by atoms with E-state index in [1.807, 2.05) is 24.3 Å². The molecule has 0 fully saturated rings. The van der Waals surface area contributed by atoms with Gasteiger partial charge in [-0.3, -0.25) is 0 Å². The second-order valence-electron chi connectivity index (χ2n) is 4.92. The highest BCUT2D eigenvalue weighted by Crippen LogP contribution is 2.31. The number of hydrogen-bond donors (Lipinski definition) is 1. The highest BCUT2D eigenvalue weighted by atomic mass is 79.9. The first-order chi connectivity index (χ1) is 10.9. The number of pyridine rings is 1. The van der Waals surface area contributed by atoms with Crippen LogP contribution in [0.2, 0.25) is 0 Å². The molecule has 23 heavy (non-hydrogen) atoms. The molecular formula is C15H12BrN3O3S. The van der Waals surface area contributed by atoms with E-state index in [1.165, 1.54) is 29.2 Å². The van der Waals surface area contributed by atoms with Crippen LogP contribution >= 0.6 is 15.9 Å². The van der Waals surface area contributed by atoms with Gasteiger partial charge in [0.1, 0.15) is 0 Å². The smallest absolute Gasteiger partial charge is 0.223 e. The van der Waals surface area contributed by atoms with Crippen LogP contribution in [0, 0.1) is 0 Å². The van der Waals surface area contributed by atoms with Crippen LogP contribution in [0.3, 0.4) is 0 Å². The van der Waals surface area contributed by atoms with Crippen LogP contribution in [0.5, 0.6) is 5.88 Å². The SMILES string of the molecule is CS(=O)(=O)c1ccc(-n2ncc(-c3ccc(Br)cc3)c2O)nc1. The van der Waals surface area contributed by atoms with Gasteiger partial charge >= 0.3 is 0 Å². The lowest BCUT2D eigenvalue weighted by atomic mass is 10.1. The number of rotatable bonds is 3.